The molecule has 0 aliphatic rings. The van der Waals surface area contributed by atoms with Crippen molar-refractivity contribution in [1.29, 1.82) is 0 Å². The maximum Gasteiger partial charge on any atom is 0.328 e. The number of H-pyrrole nitrogens is 1. The lowest BCUT2D eigenvalue weighted by molar-refractivity contribution is -0.383. The molecule has 12 nitrogen and oxygen atoms in total. The highest BCUT2D eigenvalue weighted by molar-refractivity contribution is 7.99. The second-order valence-electron chi connectivity index (χ2n) is 7.05. The molecule has 0 aliphatic heterocycles. The number of nitro benzene ring substituents is 1. The summed E-state index contributed by atoms with van der Waals surface area (Å²) in [5, 5.41) is 21.3. The molecule has 2 aromatic carbocycles. The highest BCUT2D eigenvalue weighted by Crippen LogP contribution is 2.30. The Hall–Kier alpha value is -4.13. The number of hydrogen-bond acceptors (Lipinski definition) is 8. The third-order valence-electron chi connectivity index (χ3n) is 5.02. The van der Waals surface area contributed by atoms with Crippen molar-refractivity contribution in [1.82, 2.24) is 24.3 Å². The molecule has 0 saturated heterocycles. The number of amides is 1. The molecule has 0 spiro atoms. The Balaban J connectivity index is 1.48. The van der Waals surface area contributed by atoms with E-state index in [0.717, 1.165) is 17.3 Å². The lowest BCUT2D eigenvalue weighted by Crippen LogP contribution is -2.19. The van der Waals surface area contributed by atoms with Crippen LogP contribution in [0.4, 0.5) is 11.4 Å². The van der Waals surface area contributed by atoms with E-state index < -0.39 is 10.8 Å². The summed E-state index contributed by atoms with van der Waals surface area (Å²) >= 11 is 1.08. The summed E-state index contributed by atoms with van der Waals surface area (Å²) in [6, 6.07) is 9.94. The van der Waals surface area contributed by atoms with Gasteiger partial charge < -0.3 is 10.1 Å². The molecule has 13 heteroatoms. The highest BCUT2D eigenvalue weighted by Gasteiger charge is 2.21. The minimum Gasteiger partial charge on any atom is -0.497 e. The first kappa shape index (κ1) is 22.1. The molecular formula is C20H19N7O5S. The predicted octanol–water partition coefficient (Wildman–Crippen LogP) is 2.31. The molecule has 4 aromatic rings. The van der Waals surface area contributed by atoms with Crippen molar-refractivity contribution in [2.75, 3.05) is 18.2 Å². The fourth-order valence-electron chi connectivity index (χ4n) is 3.29. The number of carbonyl (C=O) groups is 1. The number of imidazole rings is 1. The normalized spacial score (nSPS) is 11.0. The van der Waals surface area contributed by atoms with Crippen LogP contribution in [0.3, 0.4) is 0 Å². The molecule has 1 amide bonds. The number of nitro groups is 1. The average molecular weight is 469 g/mol. The quantitative estimate of drug-likeness (QED) is 0.238. The number of hydrogen-bond donors (Lipinski definition) is 2. The summed E-state index contributed by atoms with van der Waals surface area (Å²) in [5.41, 5.74) is 1.05. The predicted molar refractivity (Wildman–Crippen MR) is 123 cm³/mol. The van der Waals surface area contributed by atoms with E-state index in [1.165, 1.54) is 28.3 Å². The lowest BCUT2D eigenvalue weighted by atomic mass is 10.2. The standard InChI is InChI=1S/C20H19N7O5S/c1-25-15-8-13(14(27(30)31)9-16(15)26(2)20(25)29)21-17(28)10-33-19-22-18(23-24-19)11-4-6-12(32-3)7-5-11/h4-9H,10H2,1-3H3,(H,21,28)(H,22,23,24). The van der Waals surface area contributed by atoms with Gasteiger partial charge in [-0.3, -0.25) is 29.1 Å². The van der Waals surface area contributed by atoms with Crippen molar-refractivity contribution in [2.45, 2.75) is 5.16 Å². The first-order valence-electron chi connectivity index (χ1n) is 9.62. The van der Waals surface area contributed by atoms with Gasteiger partial charge in [0.05, 0.1) is 28.8 Å². The van der Waals surface area contributed by atoms with Crippen molar-refractivity contribution in [2.24, 2.45) is 14.1 Å². The Morgan fingerprint density at radius 2 is 1.88 bits per heavy atom. The van der Waals surface area contributed by atoms with Gasteiger partial charge in [-0.05, 0) is 30.3 Å². The van der Waals surface area contributed by atoms with Crippen molar-refractivity contribution in [3.05, 3.63) is 57.0 Å². The number of fused-ring (bicyclic) bond motifs is 1. The van der Waals surface area contributed by atoms with Crippen LogP contribution in [0.25, 0.3) is 22.4 Å². The zero-order chi connectivity index (χ0) is 23.7. The molecule has 0 aliphatic carbocycles. The van der Waals surface area contributed by atoms with Gasteiger partial charge in [0.25, 0.3) is 5.69 Å². The summed E-state index contributed by atoms with van der Waals surface area (Å²) < 4.78 is 7.80. The number of aromatic amines is 1. The Bertz CT molecular complexity index is 1420. The Labute approximate surface area is 190 Å². The summed E-state index contributed by atoms with van der Waals surface area (Å²) in [4.78, 5) is 39.9. The van der Waals surface area contributed by atoms with E-state index in [9.17, 15) is 19.7 Å². The molecule has 0 atom stereocenters. The van der Waals surface area contributed by atoms with Crippen LogP contribution in [0, 0.1) is 10.1 Å². The number of ether oxygens (including phenoxy) is 1. The van der Waals surface area contributed by atoms with Gasteiger partial charge in [-0.2, -0.15) is 0 Å². The fraction of sp³-hybridized carbons (Fsp3) is 0.200. The summed E-state index contributed by atoms with van der Waals surface area (Å²) in [5.74, 6) is 0.709. The minimum atomic E-state index is -0.601. The number of nitrogens with zero attached hydrogens (tertiary/aromatic N) is 5. The largest absolute Gasteiger partial charge is 0.497 e. The first-order chi connectivity index (χ1) is 15.8. The Morgan fingerprint density at radius 1 is 1.21 bits per heavy atom. The second-order valence-corrected chi connectivity index (χ2v) is 7.99. The van der Waals surface area contributed by atoms with Gasteiger partial charge in [0.1, 0.15) is 11.4 Å². The molecule has 0 fully saturated rings. The molecule has 0 saturated carbocycles. The number of carbonyl (C=O) groups excluding carboxylic acids is 1. The van der Waals surface area contributed by atoms with E-state index in [2.05, 4.69) is 20.5 Å². The number of thioether (sulfide) groups is 1. The maximum atomic E-state index is 12.5. The Morgan fingerprint density at radius 3 is 2.52 bits per heavy atom. The van der Waals surface area contributed by atoms with Crippen LogP contribution in [0.2, 0.25) is 0 Å². The van der Waals surface area contributed by atoms with E-state index in [1.54, 1.807) is 26.3 Å². The van der Waals surface area contributed by atoms with Crippen molar-refractivity contribution in [3.8, 4) is 17.1 Å². The van der Waals surface area contributed by atoms with E-state index >= 15 is 0 Å². The number of rotatable bonds is 7. The molecule has 4 rings (SSSR count). The van der Waals surface area contributed by atoms with Crippen LogP contribution in [-0.4, -0.2) is 48.0 Å². The maximum absolute atomic E-state index is 12.5. The van der Waals surface area contributed by atoms with Crippen molar-refractivity contribution in [3.63, 3.8) is 0 Å². The fourth-order valence-corrected chi connectivity index (χ4v) is 3.89. The number of anilines is 1. The zero-order valence-corrected chi connectivity index (χ0v) is 18.7. The molecule has 0 unspecified atom stereocenters. The van der Waals surface area contributed by atoms with Crippen LogP contribution in [0.1, 0.15) is 0 Å². The van der Waals surface area contributed by atoms with Crippen LogP contribution >= 0.6 is 11.8 Å². The SMILES string of the molecule is COc1ccc(-c2nc(SCC(=O)Nc3cc4c(cc3[N+](=O)[O-])n(C)c(=O)n4C)n[nH]2)cc1. The topological polar surface area (TPSA) is 150 Å². The van der Waals surface area contributed by atoms with Crippen LogP contribution < -0.4 is 15.7 Å². The van der Waals surface area contributed by atoms with Gasteiger partial charge in [0.2, 0.25) is 11.1 Å². The number of aromatic nitrogens is 5. The summed E-state index contributed by atoms with van der Waals surface area (Å²) in [6.07, 6.45) is 0. The molecule has 2 heterocycles. The lowest BCUT2D eigenvalue weighted by Gasteiger charge is -2.06. The first-order valence-corrected chi connectivity index (χ1v) is 10.6. The van der Waals surface area contributed by atoms with E-state index in [4.69, 9.17) is 4.74 Å². The summed E-state index contributed by atoms with van der Waals surface area (Å²) in [7, 11) is 4.67. The molecule has 0 bridgehead atoms. The third kappa shape index (κ3) is 4.30. The van der Waals surface area contributed by atoms with Crippen molar-refractivity contribution >= 4 is 40.1 Å². The number of nitrogens with one attached hydrogen (secondary N) is 2. The van der Waals surface area contributed by atoms with E-state index in [-0.39, 0.29) is 22.8 Å². The van der Waals surface area contributed by atoms with Gasteiger partial charge in [-0.15, -0.1) is 5.10 Å². The third-order valence-corrected chi connectivity index (χ3v) is 5.87. The van der Waals surface area contributed by atoms with E-state index in [1.807, 2.05) is 12.1 Å². The number of methoxy groups -OCH3 is 1. The molecule has 2 N–H and O–H groups in total. The van der Waals surface area contributed by atoms with Gasteiger partial charge >= 0.3 is 5.69 Å². The smallest absolute Gasteiger partial charge is 0.328 e. The molecule has 2 aromatic heterocycles. The Kier molecular flexibility index (Phi) is 5.87. The highest BCUT2D eigenvalue weighted by atomic mass is 32.2. The van der Waals surface area contributed by atoms with Gasteiger partial charge in [0.15, 0.2) is 5.82 Å². The number of benzene rings is 2. The molecular weight excluding hydrogens is 450 g/mol. The average Bonchev–Trinajstić information content (AvgIpc) is 3.37. The monoisotopic (exact) mass is 469 g/mol. The molecule has 0 radical (unpaired) electrons. The van der Waals surface area contributed by atoms with Gasteiger partial charge in [-0.25, -0.2) is 9.78 Å². The van der Waals surface area contributed by atoms with Gasteiger partial charge in [-0.1, -0.05) is 11.8 Å². The molecule has 170 valence electrons. The van der Waals surface area contributed by atoms with E-state index in [0.29, 0.717) is 27.8 Å². The minimum absolute atomic E-state index is 0.00760. The van der Waals surface area contributed by atoms with Crippen LogP contribution in [0.15, 0.2) is 46.3 Å². The van der Waals surface area contributed by atoms with Crippen LogP contribution in [-0.2, 0) is 18.9 Å². The molecule has 33 heavy (non-hydrogen) atoms. The zero-order valence-electron chi connectivity index (χ0n) is 17.9. The van der Waals surface area contributed by atoms with Gasteiger partial charge in [0, 0.05) is 25.7 Å². The second kappa shape index (κ2) is 8.78. The number of aryl methyl sites for hydroxylation is 2. The van der Waals surface area contributed by atoms with Crippen molar-refractivity contribution < 1.29 is 14.5 Å². The summed E-state index contributed by atoms with van der Waals surface area (Å²) in [6.45, 7) is 0. The van der Waals surface area contributed by atoms with Crippen LogP contribution in [0.5, 0.6) is 5.75 Å².